The van der Waals surface area contributed by atoms with E-state index in [4.69, 9.17) is 0 Å². The SMILES string of the molecule is C[C@H]1Cc2ccccc2N1C(=O)c1ccc(N2CCCC2)c([N+](=O)[O-])c1. The summed E-state index contributed by atoms with van der Waals surface area (Å²) in [4.78, 5) is 28.1. The van der Waals surface area contributed by atoms with Gasteiger partial charge in [0.25, 0.3) is 11.6 Å². The van der Waals surface area contributed by atoms with Crippen molar-refractivity contribution in [3.8, 4) is 0 Å². The van der Waals surface area contributed by atoms with Crippen LogP contribution >= 0.6 is 0 Å². The molecule has 6 nitrogen and oxygen atoms in total. The van der Waals surface area contributed by atoms with Crippen molar-refractivity contribution in [2.24, 2.45) is 0 Å². The molecular weight excluding hydrogens is 330 g/mol. The number of hydrogen-bond acceptors (Lipinski definition) is 4. The van der Waals surface area contributed by atoms with E-state index in [1.165, 1.54) is 6.07 Å². The van der Waals surface area contributed by atoms with Gasteiger partial charge in [-0.05, 0) is 49.9 Å². The Labute approximate surface area is 152 Å². The van der Waals surface area contributed by atoms with E-state index in [1.807, 2.05) is 36.1 Å². The second-order valence-corrected chi connectivity index (χ2v) is 7.01. The van der Waals surface area contributed by atoms with Gasteiger partial charge in [0.1, 0.15) is 5.69 Å². The zero-order valence-corrected chi connectivity index (χ0v) is 14.7. The Morgan fingerprint density at radius 2 is 1.85 bits per heavy atom. The average molecular weight is 351 g/mol. The van der Waals surface area contributed by atoms with Crippen molar-refractivity contribution >= 4 is 23.0 Å². The van der Waals surface area contributed by atoms with Gasteiger partial charge < -0.3 is 9.80 Å². The van der Waals surface area contributed by atoms with Crippen LogP contribution < -0.4 is 9.80 Å². The maximum absolute atomic E-state index is 13.1. The molecule has 2 heterocycles. The maximum atomic E-state index is 13.1. The Balaban J connectivity index is 1.70. The van der Waals surface area contributed by atoms with Crippen molar-refractivity contribution in [1.29, 1.82) is 0 Å². The number of benzene rings is 2. The lowest BCUT2D eigenvalue weighted by atomic mass is 10.1. The number of amides is 1. The van der Waals surface area contributed by atoms with E-state index >= 15 is 0 Å². The van der Waals surface area contributed by atoms with Crippen molar-refractivity contribution in [2.45, 2.75) is 32.2 Å². The Morgan fingerprint density at radius 3 is 2.58 bits per heavy atom. The van der Waals surface area contributed by atoms with Gasteiger partial charge >= 0.3 is 0 Å². The molecular formula is C20H21N3O3. The van der Waals surface area contributed by atoms with E-state index in [9.17, 15) is 14.9 Å². The molecule has 26 heavy (non-hydrogen) atoms. The molecule has 1 atom stereocenters. The van der Waals surface area contributed by atoms with Gasteiger partial charge in [0.2, 0.25) is 0 Å². The number of para-hydroxylation sites is 1. The van der Waals surface area contributed by atoms with Gasteiger partial charge in [-0.15, -0.1) is 0 Å². The minimum atomic E-state index is -0.383. The molecule has 2 aliphatic heterocycles. The number of carbonyl (C=O) groups excluding carboxylic acids is 1. The van der Waals surface area contributed by atoms with E-state index in [0.29, 0.717) is 11.3 Å². The number of fused-ring (bicyclic) bond motifs is 1. The topological polar surface area (TPSA) is 66.7 Å². The number of anilines is 2. The van der Waals surface area contributed by atoms with E-state index in [1.54, 1.807) is 17.0 Å². The standard InChI is InChI=1S/C20H21N3O3/c1-14-12-15-6-2-3-7-17(15)22(14)20(24)16-8-9-18(19(13-16)23(25)26)21-10-4-5-11-21/h2-3,6-9,13-14H,4-5,10-12H2,1H3/t14-/m0/s1. The zero-order chi connectivity index (χ0) is 18.3. The summed E-state index contributed by atoms with van der Waals surface area (Å²) < 4.78 is 0. The molecule has 0 aromatic heterocycles. The quantitative estimate of drug-likeness (QED) is 0.623. The van der Waals surface area contributed by atoms with Gasteiger partial charge in [-0.3, -0.25) is 14.9 Å². The van der Waals surface area contributed by atoms with Gasteiger partial charge in [0.15, 0.2) is 0 Å². The van der Waals surface area contributed by atoms with Gasteiger partial charge in [-0.2, -0.15) is 0 Å². The van der Waals surface area contributed by atoms with Crippen LogP contribution in [-0.4, -0.2) is 30.0 Å². The summed E-state index contributed by atoms with van der Waals surface area (Å²) in [5, 5.41) is 11.6. The molecule has 0 unspecified atom stereocenters. The van der Waals surface area contributed by atoms with E-state index in [2.05, 4.69) is 0 Å². The molecule has 6 heteroatoms. The van der Waals surface area contributed by atoms with Gasteiger partial charge in [0, 0.05) is 36.4 Å². The lowest BCUT2D eigenvalue weighted by Gasteiger charge is -2.23. The highest BCUT2D eigenvalue weighted by Gasteiger charge is 2.32. The highest BCUT2D eigenvalue weighted by atomic mass is 16.6. The molecule has 2 aliphatic rings. The molecule has 2 aromatic carbocycles. The fourth-order valence-corrected chi connectivity index (χ4v) is 4.04. The van der Waals surface area contributed by atoms with Crippen molar-refractivity contribution in [3.05, 3.63) is 63.7 Å². The molecule has 0 spiro atoms. The number of nitro groups is 1. The molecule has 0 saturated carbocycles. The molecule has 0 radical (unpaired) electrons. The van der Waals surface area contributed by atoms with Crippen LogP contribution in [0.2, 0.25) is 0 Å². The van der Waals surface area contributed by atoms with Crippen LogP contribution in [0.5, 0.6) is 0 Å². The van der Waals surface area contributed by atoms with Crippen LogP contribution in [0.25, 0.3) is 0 Å². The molecule has 4 rings (SSSR count). The third-order valence-electron chi connectivity index (χ3n) is 5.29. The Bertz CT molecular complexity index is 874. The molecule has 134 valence electrons. The van der Waals surface area contributed by atoms with Gasteiger partial charge in [-0.1, -0.05) is 18.2 Å². The number of hydrogen-bond donors (Lipinski definition) is 0. The van der Waals surface area contributed by atoms with Crippen LogP contribution in [0.1, 0.15) is 35.7 Å². The van der Waals surface area contributed by atoms with Crippen molar-refractivity contribution in [1.82, 2.24) is 0 Å². The van der Waals surface area contributed by atoms with Gasteiger partial charge in [0.05, 0.1) is 4.92 Å². The van der Waals surface area contributed by atoms with Crippen LogP contribution in [-0.2, 0) is 6.42 Å². The average Bonchev–Trinajstić information content (AvgIpc) is 3.27. The molecule has 0 N–H and O–H groups in total. The summed E-state index contributed by atoms with van der Waals surface area (Å²) in [5.74, 6) is -0.182. The first-order valence-corrected chi connectivity index (χ1v) is 9.01. The Kier molecular flexibility index (Phi) is 4.11. The minimum Gasteiger partial charge on any atom is -0.366 e. The van der Waals surface area contributed by atoms with Crippen LogP contribution in [0.15, 0.2) is 42.5 Å². The van der Waals surface area contributed by atoms with Crippen LogP contribution in [0.3, 0.4) is 0 Å². The smallest absolute Gasteiger partial charge is 0.293 e. The first kappa shape index (κ1) is 16.6. The molecule has 1 amide bonds. The summed E-state index contributed by atoms with van der Waals surface area (Å²) in [5.41, 5.74) is 3.02. The minimum absolute atomic E-state index is 0.0119. The maximum Gasteiger partial charge on any atom is 0.293 e. The summed E-state index contributed by atoms with van der Waals surface area (Å²) in [6.07, 6.45) is 2.88. The predicted molar refractivity (Wildman–Crippen MR) is 101 cm³/mol. The number of carbonyl (C=O) groups is 1. The van der Waals surface area contributed by atoms with Crippen LogP contribution in [0.4, 0.5) is 17.1 Å². The summed E-state index contributed by atoms with van der Waals surface area (Å²) >= 11 is 0. The third kappa shape index (κ3) is 2.71. The first-order chi connectivity index (χ1) is 12.6. The second-order valence-electron chi connectivity index (χ2n) is 7.01. The molecule has 2 aromatic rings. The fraction of sp³-hybridized carbons (Fsp3) is 0.350. The van der Waals surface area contributed by atoms with E-state index < -0.39 is 0 Å². The molecule has 1 fully saturated rings. The highest BCUT2D eigenvalue weighted by molar-refractivity contribution is 6.08. The van der Waals surface area contributed by atoms with Crippen molar-refractivity contribution < 1.29 is 9.72 Å². The predicted octanol–water partition coefficient (Wildman–Crippen LogP) is 3.79. The normalized spacial score (nSPS) is 18.9. The van der Waals surface area contributed by atoms with Gasteiger partial charge in [-0.25, -0.2) is 0 Å². The van der Waals surface area contributed by atoms with E-state index in [0.717, 1.165) is 43.6 Å². The van der Waals surface area contributed by atoms with Crippen molar-refractivity contribution in [2.75, 3.05) is 22.9 Å². The molecule has 0 aliphatic carbocycles. The van der Waals surface area contributed by atoms with Crippen LogP contribution in [0, 0.1) is 10.1 Å². The number of nitrogens with zero attached hydrogens (tertiary/aromatic N) is 3. The lowest BCUT2D eigenvalue weighted by Crippen LogP contribution is -2.35. The van der Waals surface area contributed by atoms with Crippen molar-refractivity contribution in [3.63, 3.8) is 0 Å². The lowest BCUT2D eigenvalue weighted by molar-refractivity contribution is -0.384. The third-order valence-corrected chi connectivity index (χ3v) is 5.29. The molecule has 0 bridgehead atoms. The number of nitro benzene ring substituents is 1. The summed E-state index contributed by atoms with van der Waals surface area (Å²) in [6.45, 7) is 3.65. The highest BCUT2D eigenvalue weighted by Crippen LogP contribution is 2.35. The molecule has 1 saturated heterocycles. The summed E-state index contributed by atoms with van der Waals surface area (Å²) in [7, 11) is 0. The first-order valence-electron chi connectivity index (χ1n) is 9.01. The zero-order valence-electron chi connectivity index (χ0n) is 14.7. The second kappa shape index (κ2) is 6.44. The largest absolute Gasteiger partial charge is 0.366 e. The summed E-state index contributed by atoms with van der Waals surface area (Å²) in [6, 6.07) is 12.8. The fourth-order valence-electron chi connectivity index (χ4n) is 4.04. The van der Waals surface area contributed by atoms with E-state index in [-0.39, 0.29) is 22.6 Å². The monoisotopic (exact) mass is 351 g/mol. The Hall–Kier alpha value is -2.89. The number of rotatable bonds is 3. The Morgan fingerprint density at radius 1 is 1.12 bits per heavy atom.